The Balaban J connectivity index is 1.81. The topological polar surface area (TPSA) is 30.8 Å². The molecule has 0 aliphatic rings. The van der Waals surface area contributed by atoms with Crippen LogP contribution in [0.4, 0.5) is 4.39 Å². The standard InChI is InChI=1S/C30H29FNO2P/c1-32-20-26-19-27(31)13-14-28(26)35-29-18-24(15-22-9-5-3-6-10-22)17-25(30(29)34-21-33-2)16-23-11-7-4-8-12-23/h3-14,17-20,35H,15-16,21H2,1-2H3. The second kappa shape index (κ2) is 12.4. The van der Waals surface area contributed by atoms with Gasteiger partial charge in [0.25, 0.3) is 0 Å². The van der Waals surface area contributed by atoms with Crippen LogP contribution >= 0.6 is 8.58 Å². The van der Waals surface area contributed by atoms with Crippen molar-refractivity contribution in [3.05, 3.63) is 125 Å². The van der Waals surface area contributed by atoms with E-state index in [9.17, 15) is 4.39 Å². The molecule has 0 radical (unpaired) electrons. The Bertz CT molecular complexity index is 1280. The zero-order chi connectivity index (χ0) is 24.5. The van der Waals surface area contributed by atoms with Gasteiger partial charge in [-0.15, -0.1) is 0 Å². The molecule has 0 saturated heterocycles. The van der Waals surface area contributed by atoms with Crippen LogP contribution in [0, 0.1) is 5.82 Å². The number of aliphatic imine (C=N–C) groups is 1. The van der Waals surface area contributed by atoms with E-state index in [0.29, 0.717) is 0 Å². The summed E-state index contributed by atoms with van der Waals surface area (Å²) in [5, 5.41) is 2.08. The first-order valence-electron chi connectivity index (χ1n) is 11.5. The largest absolute Gasteiger partial charge is 0.467 e. The molecule has 1 atom stereocenters. The van der Waals surface area contributed by atoms with E-state index in [1.165, 1.54) is 28.8 Å². The predicted octanol–water partition coefficient (Wildman–Crippen LogP) is 5.67. The molecule has 0 fully saturated rings. The van der Waals surface area contributed by atoms with Crippen molar-refractivity contribution in [2.24, 2.45) is 4.99 Å². The Morgan fingerprint density at radius 1 is 0.800 bits per heavy atom. The molecule has 4 rings (SSSR count). The quantitative estimate of drug-likeness (QED) is 0.165. The van der Waals surface area contributed by atoms with Crippen LogP contribution in [0.1, 0.15) is 27.8 Å². The summed E-state index contributed by atoms with van der Waals surface area (Å²) in [4.78, 5) is 4.13. The van der Waals surface area contributed by atoms with Crippen molar-refractivity contribution in [3.63, 3.8) is 0 Å². The van der Waals surface area contributed by atoms with Crippen molar-refractivity contribution >= 4 is 25.4 Å². The van der Waals surface area contributed by atoms with Gasteiger partial charge in [-0.05, 0) is 52.2 Å². The first-order valence-corrected chi connectivity index (χ1v) is 12.5. The van der Waals surface area contributed by atoms with Crippen LogP contribution in [0.2, 0.25) is 0 Å². The number of halogens is 1. The van der Waals surface area contributed by atoms with Crippen LogP contribution in [0.3, 0.4) is 0 Å². The van der Waals surface area contributed by atoms with Crippen molar-refractivity contribution in [3.8, 4) is 5.75 Å². The smallest absolute Gasteiger partial charge is 0.188 e. The SMILES string of the molecule is CN=Cc1cc(F)ccc1Pc1cc(Cc2ccccc2)cc(Cc2ccccc2)c1OCOC. The number of methoxy groups -OCH3 is 1. The maximum atomic E-state index is 14.0. The fraction of sp³-hybridized carbons (Fsp3) is 0.167. The molecule has 5 heteroatoms. The van der Waals surface area contributed by atoms with Crippen molar-refractivity contribution < 1.29 is 13.9 Å². The Labute approximate surface area is 208 Å². The van der Waals surface area contributed by atoms with E-state index >= 15 is 0 Å². The number of rotatable bonds is 10. The van der Waals surface area contributed by atoms with Gasteiger partial charge in [-0.2, -0.15) is 0 Å². The molecule has 0 bridgehead atoms. The fourth-order valence-electron chi connectivity index (χ4n) is 4.06. The summed E-state index contributed by atoms with van der Waals surface area (Å²) in [6.07, 6.45) is 3.27. The molecule has 0 amide bonds. The minimum Gasteiger partial charge on any atom is -0.467 e. The minimum absolute atomic E-state index is 0.157. The Hall–Kier alpha value is -3.33. The van der Waals surface area contributed by atoms with Gasteiger partial charge in [0.1, 0.15) is 11.6 Å². The van der Waals surface area contributed by atoms with Crippen molar-refractivity contribution in [2.45, 2.75) is 12.8 Å². The third-order valence-corrected chi connectivity index (χ3v) is 6.95. The molecule has 35 heavy (non-hydrogen) atoms. The van der Waals surface area contributed by atoms with Gasteiger partial charge in [-0.25, -0.2) is 4.39 Å². The lowest BCUT2D eigenvalue weighted by atomic mass is 9.98. The molecule has 3 nitrogen and oxygen atoms in total. The molecule has 0 heterocycles. The van der Waals surface area contributed by atoms with E-state index in [4.69, 9.17) is 9.47 Å². The molecular formula is C30H29FNO2P. The van der Waals surface area contributed by atoms with Crippen LogP contribution < -0.4 is 15.3 Å². The number of hydrogen-bond acceptors (Lipinski definition) is 3. The highest BCUT2D eigenvalue weighted by Gasteiger charge is 2.16. The van der Waals surface area contributed by atoms with E-state index in [2.05, 4.69) is 65.7 Å². The predicted molar refractivity (Wildman–Crippen MR) is 145 cm³/mol. The highest BCUT2D eigenvalue weighted by atomic mass is 31.1. The molecule has 178 valence electrons. The first-order chi connectivity index (χ1) is 17.2. The Morgan fingerprint density at radius 3 is 2.14 bits per heavy atom. The zero-order valence-electron chi connectivity index (χ0n) is 20.0. The summed E-state index contributed by atoms with van der Waals surface area (Å²) in [7, 11) is 3.59. The van der Waals surface area contributed by atoms with Crippen LogP contribution in [0.5, 0.6) is 5.75 Å². The first kappa shape index (κ1) is 24.8. The maximum absolute atomic E-state index is 14.0. The second-order valence-electron chi connectivity index (χ2n) is 8.25. The molecular weight excluding hydrogens is 456 g/mol. The average molecular weight is 486 g/mol. The summed E-state index contributed by atoms with van der Waals surface area (Å²) in [5.74, 6) is 0.557. The lowest BCUT2D eigenvalue weighted by Gasteiger charge is -2.19. The molecule has 0 aromatic heterocycles. The normalized spacial score (nSPS) is 11.5. The maximum Gasteiger partial charge on any atom is 0.188 e. The number of hydrogen-bond donors (Lipinski definition) is 0. The number of ether oxygens (including phenoxy) is 2. The van der Waals surface area contributed by atoms with Crippen molar-refractivity contribution in [2.75, 3.05) is 21.0 Å². The van der Waals surface area contributed by atoms with Gasteiger partial charge in [-0.3, -0.25) is 4.99 Å². The lowest BCUT2D eigenvalue weighted by Crippen LogP contribution is -2.16. The summed E-state index contributed by atoms with van der Waals surface area (Å²) >= 11 is 0. The van der Waals surface area contributed by atoms with Crippen LogP contribution in [0.25, 0.3) is 0 Å². The summed E-state index contributed by atoms with van der Waals surface area (Å²) in [6, 6.07) is 30.1. The summed E-state index contributed by atoms with van der Waals surface area (Å²) in [6.45, 7) is 0.157. The van der Waals surface area contributed by atoms with Crippen LogP contribution in [0.15, 0.2) is 96.0 Å². The van der Waals surface area contributed by atoms with Gasteiger partial charge >= 0.3 is 0 Å². The van der Waals surface area contributed by atoms with Crippen LogP contribution in [-0.4, -0.2) is 27.2 Å². The van der Waals surface area contributed by atoms with Gasteiger partial charge in [0.2, 0.25) is 0 Å². The van der Waals surface area contributed by atoms with Gasteiger partial charge in [-0.1, -0.05) is 81.4 Å². The summed E-state index contributed by atoms with van der Waals surface area (Å²) < 4.78 is 25.4. The lowest BCUT2D eigenvalue weighted by molar-refractivity contribution is 0.0513. The summed E-state index contributed by atoms with van der Waals surface area (Å²) in [5.41, 5.74) is 5.56. The van der Waals surface area contributed by atoms with E-state index in [1.807, 2.05) is 18.2 Å². The third kappa shape index (κ3) is 6.85. The molecule has 4 aromatic rings. The van der Waals surface area contributed by atoms with Gasteiger partial charge in [0.15, 0.2) is 6.79 Å². The van der Waals surface area contributed by atoms with E-state index in [1.54, 1.807) is 20.4 Å². The monoisotopic (exact) mass is 485 g/mol. The molecule has 0 spiro atoms. The Morgan fingerprint density at radius 2 is 1.49 bits per heavy atom. The van der Waals surface area contributed by atoms with E-state index in [0.717, 1.165) is 40.3 Å². The molecule has 1 unspecified atom stereocenters. The third-order valence-electron chi connectivity index (χ3n) is 5.59. The fourth-order valence-corrected chi connectivity index (χ4v) is 5.40. The van der Waals surface area contributed by atoms with E-state index < -0.39 is 0 Å². The van der Waals surface area contributed by atoms with Crippen LogP contribution in [-0.2, 0) is 17.6 Å². The zero-order valence-corrected chi connectivity index (χ0v) is 21.0. The number of benzene rings is 4. The molecule has 4 aromatic carbocycles. The minimum atomic E-state index is -0.271. The Kier molecular flexibility index (Phi) is 8.78. The van der Waals surface area contributed by atoms with Gasteiger partial charge in [0, 0.05) is 37.7 Å². The molecule has 0 aliphatic carbocycles. The highest BCUT2D eigenvalue weighted by molar-refractivity contribution is 7.56. The highest BCUT2D eigenvalue weighted by Crippen LogP contribution is 2.29. The van der Waals surface area contributed by atoms with E-state index in [-0.39, 0.29) is 21.2 Å². The van der Waals surface area contributed by atoms with Crippen molar-refractivity contribution in [1.82, 2.24) is 0 Å². The van der Waals surface area contributed by atoms with Gasteiger partial charge < -0.3 is 9.47 Å². The van der Waals surface area contributed by atoms with Crippen molar-refractivity contribution in [1.29, 1.82) is 0 Å². The molecule has 0 N–H and O–H groups in total. The second-order valence-corrected chi connectivity index (χ2v) is 9.58. The number of nitrogens with zero attached hydrogens (tertiary/aromatic N) is 1. The molecule has 0 aliphatic heterocycles. The molecule has 0 saturated carbocycles. The van der Waals surface area contributed by atoms with Gasteiger partial charge in [0.05, 0.1) is 0 Å². The average Bonchev–Trinajstić information content (AvgIpc) is 2.87.